The number of anilines is 1. The molecule has 5 heteroatoms. The normalized spacial score (nSPS) is 10.2. The number of halogens is 2. The van der Waals surface area contributed by atoms with Crippen molar-refractivity contribution in [1.82, 2.24) is 0 Å². The van der Waals surface area contributed by atoms with Gasteiger partial charge in [-0.05, 0) is 23.3 Å². The standard InChI is InChI=1S/C16H14F2N2O/c1-21-10-13-5-3-2-4-12(13)9-20-16-14(17)6-11(8-19)7-15(16)18/h2-7,20H,9-10H2,1H3. The van der Waals surface area contributed by atoms with E-state index in [2.05, 4.69) is 5.32 Å². The average Bonchev–Trinajstić information content (AvgIpc) is 2.48. The second-order valence-corrected chi connectivity index (χ2v) is 4.48. The van der Waals surface area contributed by atoms with E-state index in [1.807, 2.05) is 24.3 Å². The molecule has 0 amide bonds. The lowest BCUT2D eigenvalue weighted by Crippen LogP contribution is -2.07. The molecule has 0 aliphatic heterocycles. The Labute approximate surface area is 121 Å². The van der Waals surface area contributed by atoms with Gasteiger partial charge in [0, 0.05) is 13.7 Å². The van der Waals surface area contributed by atoms with Gasteiger partial charge in [-0.3, -0.25) is 0 Å². The number of nitriles is 1. The molecule has 1 N–H and O–H groups in total. The zero-order valence-corrected chi connectivity index (χ0v) is 11.5. The molecule has 0 fully saturated rings. The topological polar surface area (TPSA) is 45.0 Å². The summed E-state index contributed by atoms with van der Waals surface area (Å²) in [6, 6.07) is 11.2. The van der Waals surface area contributed by atoms with Crippen LogP contribution in [0.4, 0.5) is 14.5 Å². The minimum atomic E-state index is -0.782. The van der Waals surface area contributed by atoms with Gasteiger partial charge in [-0.1, -0.05) is 24.3 Å². The Morgan fingerprint density at radius 1 is 1.14 bits per heavy atom. The van der Waals surface area contributed by atoms with Crippen LogP contribution < -0.4 is 5.32 Å². The largest absolute Gasteiger partial charge is 0.380 e. The molecule has 0 heterocycles. The fraction of sp³-hybridized carbons (Fsp3) is 0.188. The van der Waals surface area contributed by atoms with Gasteiger partial charge in [-0.2, -0.15) is 5.26 Å². The minimum Gasteiger partial charge on any atom is -0.380 e. The number of hydrogen-bond acceptors (Lipinski definition) is 3. The lowest BCUT2D eigenvalue weighted by molar-refractivity contribution is 0.184. The molecule has 0 aliphatic carbocycles. The summed E-state index contributed by atoms with van der Waals surface area (Å²) in [6.45, 7) is 0.690. The number of rotatable bonds is 5. The van der Waals surface area contributed by atoms with Crippen molar-refractivity contribution < 1.29 is 13.5 Å². The number of methoxy groups -OCH3 is 1. The van der Waals surface area contributed by atoms with Crippen molar-refractivity contribution in [2.45, 2.75) is 13.2 Å². The van der Waals surface area contributed by atoms with E-state index >= 15 is 0 Å². The number of hydrogen-bond donors (Lipinski definition) is 1. The monoisotopic (exact) mass is 288 g/mol. The van der Waals surface area contributed by atoms with Crippen LogP contribution in [-0.2, 0) is 17.9 Å². The van der Waals surface area contributed by atoms with Gasteiger partial charge in [0.25, 0.3) is 0 Å². The van der Waals surface area contributed by atoms with Crippen LogP contribution in [0.5, 0.6) is 0 Å². The summed E-state index contributed by atoms with van der Waals surface area (Å²) in [4.78, 5) is 0. The van der Waals surface area contributed by atoms with E-state index in [0.717, 1.165) is 23.3 Å². The summed E-state index contributed by atoms with van der Waals surface area (Å²) < 4.78 is 32.6. The van der Waals surface area contributed by atoms with Crippen LogP contribution in [0.15, 0.2) is 36.4 Å². The molecule has 0 spiro atoms. The first-order chi connectivity index (χ1) is 10.2. The molecule has 0 unspecified atom stereocenters. The first kappa shape index (κ1) is 14.9. The van der Waals surface area contributed by atoms with Crippen molar-refractivity contribution >= 4 is 5.69 Å². The van der Waals surface area contributed by atoms with Gasteiger partial charge >= 0.3 is 0 Å². The average molecular weight is 288 g/mol. The van der Waals surface area contributed by atoms with E-state index < -0.39 is 11.6 Å². The summed E-state index contributed by atoms with van der Waals surface area (Å²) in [7, 11) is 1.59. The second-order valence-electron chi connectivity index (χ2n) is 4.48. The number of ether oxygens (including phenoxy) is 1. The molecule has 21 heavy (non-hydrogen) atoms. The van der Waals surface area contributed by atoms with Crippen molar-refractivity contribution in [2.24, 2.45) is 0 Å². The van der Waals surface area contributed by atoms with Crippen LogP contribution in [0, 0.1) is 23.0 Å². The molecule has 0 aliphatic rings. The molecular formula is C16H14F2N2O. The highest BCUT2D eigenvalue weighted by Crippen LogP contribution is 2.22. The maximum atomic E-state index is 13.8. The maximum absolute atomic E-state index is 13.8. The third-order valence-electron chi connectivity index (χ3n) is 3.05. The van der Waals surface area contributed by atoms with Crippen LogP contribution in [-0.4, -0.2) is 7.11 Å². The number of nitrogens with one attached hydrogen (secondary N) is 1. The molecular weight excluding hydrogens is 274 g/mol. The van der Waals surface area contributed by atoms with E-state index in [1.54, 1.807) is 13.2 Å². The zero-order valence-electron chi connectivity index (χ0n) is 11.5. The highest BCUT2D eigenvalue weighted by Gasteiger charge is 2.11. The van der Waals surface area contributed by atoms with Crippen LogP contribution in [0.2, 0.25) is 0 Å². The van der Waals surface area contributed by atoms with Crippen LogP contribution >= 0.6 is 0 Å². The first-order valence-corrected chi connectivity index (χ1v) is 6.34. The summed E-state index contributed by atoms with van der Waals surface area (Å²) in [5.74, 6) is -1.56. The molecule has 108 valence electrons. The molecule has 0 atom stereocenters. The van der Waals surface area contributed by atoms with Crippen LogP contribution in [0.3, 0.4) is 0 Å². The predicted molar refractivity (Wildman–Crippen MR) is 75.6 cm³/mol. The van der Waals surface area contributed by atoms with Gasteiger partial charge in [0.15, 0.2) is 11.6 Å². The predicted octanol–water partition coefficient (Wildman–Crippen LogP) is 3.59. The van der Waals surface area contributed by atoms with E-state index in [-0.39, 0.29) is 17.8 Å². The van der Waals surface area contributed by atoms with Crippen LogP contribution in [0.25, 0.3) is 0 Å². The smallest absolute Gasteiger partial charge is 0.150 e. The van der Waals surface area contributed by atoms with E-state index in [1.165, 1.54) is 0 Å². The Kier molecular flexibility index (Phi) is 4.85. The Hall–Kier alpha value is -2.45. The molecule has 2 aromatic rings. The number of nitrogens with zero attached hydrogens (tertiary/aromatic N) is 1. The van der Waals surface area contributed by atoms with Crippen molar-refractivity contribution in [3.8, 4) is 6.07 Å². The third-order valence-corrected chi connectivity index (χ3v) is 3.05. The molecule has 0 saturated heterocycles. The second kappa shape index (κ2) is 6.82. The summed E-state index contributed by atoms with van der Waals surface area (Å²) in [6.07, 6.45) is 0. The van der Waals surface area contributed by atoms with E-state index in [4.69, 9.17) is 10.00 Å². The Bertz CT molecular complexity index is 657. The van der Waals surface area contributed by atoms with E-state index in [0.29, 0.717) is 6.61 Å². The quantitative estimate of drug-likeness (QED) is 0.914. The van der Waals surface area contributed by atoms with Gasteiger partial charge in [0.05, 0.1) is 18.2 Å². The lowest BCUT2D eigenvalue weighted by atomic mass is 10.1. The van der Waals surface area contributed by atoms with Crippen LogP contribution in [0.1, 0.15) is 16.7 Å². The van der Waals surface area contributed by atoms with Crippen molar-refractivity contribution in [3.63, 3.8) is 0 Å². The molecule has 2 rings (SSSR count). The Morgan fingerprint density at radius 3 is 2.33 bits per heavy atom. The van der Waals surface area contributed by atoms with Crippen molar-refractivity contribution in [3.05, 3.63) is 64.7 Å². The van der Waals surface area contributed by atoms with Crippen molar-refractivity contribution in [2.75, 3.05) is 12.4 Å². The third kappa shape index (κ3) is 3.56. The SMILES string of the molecule is COCc1ccccc1CNc1c(F)cc(C#N)cc1F. The fourth-order valence-electron chi connectivity index (χ4n) is 2.02. The Morgan fingerprint density at radius 2 is 1.76 bits per heavy atom. The fourth-order valence-corrected chi connectivity index (χ4v) is 2.02. The first-order valence-electron chi connectivity index (χ1n) is 6.34. The molecule has 0 aromatic heterocycles. The summed E-state index contributed by atoms with van der Waals surface area (Å²) >= 11 is 0. The summed E-state index contributed by atoms with van der Waals surface area (Å²) in [5, 5.41) is 11.4. The molecule has 0 bridgehead atoms. The molecule has 2 aromatic carbocycles. The lowest BCUT2D eigenvalue weighted by Gasteiger charge is -2.12. The van der Waals surface area contributed by atoms with Gasteiger partial charge < -0.3 is 10.1 Å². The van der Waals surface area contributed by atoms with E-state index in [9.17, 15) is 8.78 Å². The summed E-state index contributed by atoms with van der Waals surface area (Å²) in [5.41, 5.74) is 1.56. The van der Waals surface area contributed by atoms with Gasteiger partial charge in [0.1, 0.15) is 5.69 Å². The molecule has 0 saturated carbocycles. The Balaban J connectivity index is 2.19. The minimum absolute atomic E-state index is 0.0460. The van der Waals surface area contributed by atoms with Gasteiger partial charge in [-0.15, -0.1) is 0 Å². The molecule has 3 nitrogen and oxygen atoms in total. The molecule has 0 radical (unpaired) electrons. The maximum Gasteiger partial charge on any atom is 0.150 e. The zero-order chi connectivity index (χ0) is 15.2. The van der Waals surface area contributed by atoms with Gasteiger partial charge in [0.2, 0.25) is 0 Å². The highest BCUT2D eigenvalue weighted by atomic mass is 19.1. The highest BCUT2D eigenvalue weighted by molar-refractivity contribution is 5.51. The number of benzene rings is 2. The van der Waals surface area contributed by atoms with Crippen molar-refractivity contribution in [1.29, 1.82) is 5.26 Å². The van der Waals surface area contributed by atoms with Gasteiger partial charge in [-0.25, -0.2) is 8.78 Å².